The van der Waals surface area contributed by atoms with E-state index in [-0.39, 0.29) is 23.3 Å². The number of sulfonamides is 1. The molecule has 214 valence electrons. The van der Waals surface area contributed by atoms with Crippen LogP contribution in [0.2, 0.25) is 0 Å². The van der Waals surface area contributed by atoms with Crippen LogP contribution < -0.4 is 11.1 Å². The fourth-order valence-electron chi connectivity index (χ4n) is 6.33. The lowest BCUT2D eigenvalue weighted by atomic mass is 9.73. The van der Waals surface area contributed by atoms with Gasteiger partial charge in [0.25, 0.3) is 0 Å². The molecule has 3 aromatic rings. The van der Waals surface area contributed by atoms with E-state index in [0.717, 1.165) is 34.9 Å². The Morgan fingerprint density at radius 3 is 2.48 bits per heavy atom. The maximum absolute atomic E-state index is 13.9. The minimum Gasteiger partial charge on any atom is -0.361 e. The molecule has 2 aliphatic rings. The summed E-state index contributed by atoms with van der Waals surface area (Å²) in [5.41, 5.74) is 8.89. The van der Waals surface area contributed by atoms with Crippen LogP contribution in [-0.2, 0) is 31.4 Å². The first-order valence-corrected chi connectivity index (χ1v) is 15.6. The van der Waals surface area contributed by atoms with Crippen molar-refractivity contribution in [3.63, 3.8) is 0 Å². The van der Waals surface area contributed by atoms with Crippen molar-refractivity contribution in [3.05, 3.63) is 71.4 Å². The number of amides is 2. The minimum atomic E-state index is -3.37. The zero-order chi connectivity index (χ0) is 28.9. The van der Waals surface area contributed by atoms with E-state index in [1.165, 1.54) is 16.1 Å². The van der Waals surface area contributed by atoms with Gasteiger partial charge in [0.2, 0.25) is 21.8 Å². The lowest BCUT2D eigenvalue weighted by molar-refractivity contribution is -0.138. The van der Waals surface area contributed by atoms with Gasteiger partial charge in [-0.15, -0.1) is 0 Å². The van der Waals surface area contributed by atoms with Crippen molar-refractivity contribution < 1.29 is 18.0 Å². The topological polar surface area (TPSA) is 129 Å². The predicted molar refractivity (Wildman–Crippen MR) is 156 cm³/mol. The summed E-state index contributed by atoms with van der Waals surface area (Å²) >= 11 is 0. The van der Waals surface area contributed by atoms with E-state index in [0.29, 0.717) is 25.9 Å². The summed E-state index contributed by atoms with van der Waals surface area (Å²) in [5, 5.41) is 3.95. The van der Waals surface area contributed by atoms with Gasteiger partial charge in [0.1, 0.15) is 6.04 Å². The highest BCUT2D eigenvalue weighted by molar-refractivity contribution is 7.88. The maximum Gasteiger partial charge on any atom is 0.245 e. The molecule has 1 spiro atoms. The number of piperidine rings is 1. The summed E-state index contributed by atoms with van der Waals surface area (Å²) in [7, 11) is -1.72. The number of carbonyl (C=O) groups excluding carboxylic acids is 2. The Balaban J connectivity index is 1.37. The molecule has 1 saturated heterocycles. The molecule has 4 N–H and O–H groups in total. The molecule has 2 atom stereocenters. The Bertz CT molecular complexity index is 1530. The van der Waals surface area contributed by atoms with E-state index >= 15 is 0 Å². The second-order valence-corrected chi connectivity index (χ2v) is 14.0. The number of hydrogen-bond donors (Lipinski definition) is 3. The lowest BCUT2D eigenvalue weighted by Gasteiger charge is -2.42. The number of nitrogens with zero attached hydrogens (tertiary/aromatic N) is 2. The third-order valence-corrected chi connectivity index (χ3v) is 10.1. The Labute approximate surface area is 236 Å². The number of likely N-dealkylation sites (tertiary alicyclic amines) is 1. The molecule has 2 aromatic carbocycles. The normalized spacial score (nSPS) is 19.6. The van der Waals surface area contributed by atoms with Crippen molar-refractivity contribution in [2.45, 2.75) is 62.6 Å². The molecule has 1 fully saturated rings. The first kappa shape index (κ1) is 28.3. The smallest absolute Gasteiger partial charge is 0.245 e. The number of nitrogens with one attached hydrogen (secondary N) is 2. The zero-order valence-electron chi connectivity index (χ0n) is 23.6. The molecule has 0 bridgehead atoms. The first-order chi connectivity index (χ1) is 18.8. The van der Waals surface area contributed by atoms with E-state index in [1.54, 1.807) is 20.9 Å². The number of benzene rings is 2. The number of hydrogen-bond acceptors (Lipinski definition) is 5. The van der Waals surface area contributed by atoms with Gasteiger partial charge in [0, 0.05) is 49.1 Å². The lowest BCUT2D eigenvalue weighted by Crippen LogP contribution is -2.58. The molecule has 0 radical (unpaired) electrons. The summed E-state index contributed by atoms with van der Waals surface area (Å²) < 4.78 is 26.3. The van der Waals surface area contributed by atoms with Crippen molar-refractivity contribution >= 4 is 32.7 Å². The molecule has 40 heavy (non-hydrogen) atoms. The molecular weight excluding hydrogens is 526 g/mol. The van der Waals surface area contributed by atoms with Crippen molar-refractivity contribution in [2.24, 2.45) is 5.73 Å². The Kier molecular flexibility index (Phi) is 7.31. The molecule has 5 rings (SSSR count). The predicted octanol–water partition coefficient (Wildman–Crippen LogP) is 2.83. The molecule has 2 amide bonds. The number of para-hydroxylation sites is 1. The third kappa shape index (κ3) is 5.27. The molecule has 1 aliphatic heterocycles. The number of nitrogens with two attached hydrogens (primary N) is 1. The second kappa shape index (κ2) is 10.3. The molecule has 1 unspecified atom stereocenters. The van der Waals surface area contributed by atoms with Crippen LogP contribution in [0.25, 0.3) is 10.9 Å². The van der Waals surface area contributed by atoms with Gasteiger partial charge in [-0.25, -0.2) is 8.42 Å². The van der Waals surface area contributed by atoms with Gasteiger partial charge in [-0.05, 0) is 55.9 Å². The van der Waals surface area contributed by atoms with Crippen LogP contribution in [0.15, 0.2) is 54.7 Å². The number of rotatable bonds is 7. The van der Waals surface area contributed by atoms with Crippen LogP contribution >= 0.6 is 0 Å². The fraction of sp³-hybridized carbons (Fsp3) is 0.467. The number of fused-ring (bicyclic) bond motifs is 3. The SMILES string of the molecule is CN(C1CC2(CCN(C(=O)[C@@H](Cc3c[nH]c4ccccc34)NC(=O)C(C)(C)N)CC2)c2ccccc21)S(C)(=O)=O. The molecule has 1 aromatic heterocycles. The Morgan fingerprint density at radius 2 is 1.80 bits per heavy atom. The fourth-order valence-corrected chi connectivity index (χ4v) is 6.98. The first-order valence-electron chi connectivity index (χ1n) is 13.8. The zero-order valence-corrected chi connectivity index (χ0v) is 24.4. The molecule has 1 aliphatic carbocycles. The molecular formula is C30H39N5O4S. The van der Waals surface area contributed by atoms with Gasteiger partial charge in [-0.2, -0.15) is 4.31 Å². The maximum atomic E-state index is 13.9. The summed E-state index contributed by atoms with van der Waals surface area (Å²) in [6.45, 7) is 4.30. The van der Waals surface area contributed by atoms with Crippen molar-refractivity contribution in [2.75, 3.05) is 26.4 Å². The van der Waals surface area contributed by atoms with Crippen molar-refractivity contribution in [1.82, 2.24) is 19.5 Å². The van der Waals surface area contributed by atoms with E-state index in [2.05, 4.69) is 16.4 Å². The van der Waals surface area contributed by atoms with Crippen LogP contribution in [0.1, 0.15) is 55.8 Å². The van der Waals surface area contributed by atoms with Gasteiger partial charge in [-0.1, -0.05) is 42.5 Å². The van der Waals surface area contributed by atoms with E-state index in [9.17, 15) is 18.0 Å². The average molecular weight is 566 g/mol. The van der Waals surface area contributed by atoms with E-state index in [4.69, 9.17) is 5.73 Å². The number of H-pyrrole nitrogens is 1. The largest absolute Gasteiger partial charge is 0.361 e. The molecule has 10 heteroatoms. The van der Waals surface area contributed by atoms with Gasteiger partial charge in [0.05, 0.1) is 17.8 Å². The quantitative estimate of drug-likeness (QED) is 0.406. The van der Waals surface area contributed by atoms with Crippen LogP contribution in [0, 0.1) is 0 Å². The number of aromatic amines is 1. The van der Waals surface area contributed by atoms with E-state index in [1.807, 2.05) is 53.6 Å². The van der Waals surface area contributed by atoms with Crippen LogP contribution in [-0.4, -0.2) is 72.4 Å². The van der Waals surface area contributed by atoms with Crippen LogP contribution in [0.3, 0.4) is 0 Å². The second-order valence-electron chi connectivity index (χ2n) is 12.0. The highest BCUT2D eigenvalue weighted by atomic mass is 32.2. The van der Waals surface area contributed by atoms with Gasteiger partial charge in [-0.3, -0.25) is 9.59 Å². The Morgan fingerprint density at radius 1 is 1.15 bits per heavy atom. The molecule has 9 nitrogen and oxygen atoms in total. The average Bonchev–Trinajstić information content (AvgIpc) is 3.46. The molecule has 0 saturated carbocycles. The standard InChI is InChI=1S/C30H39N5O4S/c1-29(2,31)28(37)33-25(17-20-19-32-24-12-8-6-9-21(20)24)27(36)35-15-13-30(14-16-35)18-26(34(3)40(4,38)39)22-10-5-7-11-23(22)30/h5-12,19,25-26,32H,13-18,31H2,1-4H3,(H,33,37)/t25-,26?/m1/s1. The summed E-state index contributed by atoms with van der Waals surface area (Å²) in [6, 6.07) is 15.0. The Hall–Kier alpha value is -3.21. The van der Waals surface area contributed by atoms with Crippen LogP contribution in [0.5, 0.6) is 0 Å². The van der Waals surface area contributed by atoms with E-state index < -0.39 is 21.6 Å². The summed E-state index contributed by atoms with van der Waals surface area (Å²) in [6.07, 6.45) is 5.61. The number of carbonyl (C=O) groups is 2. The van der Waals surface area contributed by atoms with Gasteiger partial charge >= 0.3 is 0 Å². The monoisotopic (exact) mass is 565 g/mol. The summed E-state index contributed by atoms with van der Waals surface area (Å²) in [5.74, 6) is -0.510. The van der Waals surface area contributed by atoms with Gasteiger partial charge < -0.3 is 20.9 Å². The summed E-state index contributed by atoms with van der Waals surface area (Å²) in [4.78, 5) is 31.9. The van der Waals surface area contributed by atoms with Crippen LogP contribution in [0.4, 0.5) is 0 Å². The highest BCUT2D eigenvalue weighted by Crippen LogP contribution is 2.52. The van der Waals surface area contributed by atoms with Crippen molar-refractivity contribution in [1.29, 1.82) is 0 Å². The molecule has 2 heterocycles. The minimum absolute atomic E-state index is 0.131. The van der Waals surface area contributed by atoms with Gasteiger partial charge in [0.15, 0.2) is 0 Å². The number of aromatic nitrogens is 1. The van der Waals surface area contributed by atoms with Crippen molar-refractivity contribution in [3.8, 4) is 0 Å². The highest BCUT2D eigenvalue weighted by Gasteiger charge is 2.48. The third-order valence-electron chi connectivity index (χ3n) is 8.76.